The van der Waals surface area contributed by atoms with Crippen molar-refractivity contribution in [2.75, 3.05) is 32.8 Å². The predicted molar refractivity (Wildman–Crippen MR) is 65.5 cm³/mol. The second-order valence-electron chi connectivity index (χ2n) is 4.02. The number of ether oxygens (including phenoxy) is 1. The average molecular weight is 274 g/mol. The zero-order valence-electron chi connectivity index (χ0n) is 10.3. The third kappa shape index (κ3) is 2.72. The summed E-state index contributed by atoms with van der Waals surface area (Å²) in [5, 5.41) is 9.71. The molecule has 1 aliphatic rings. The van der Waals surface area contributed by atoms with E-state index in [1.54, 1.807) is 6.20 Å². The van der Waals surface area contributed by atoms with Crippen LogP contribution in [0, 0.1) is 0 Å². The molecular weight excluding hydrogens is 256 g/mol. The van der Waals surface area contributed by atoms with Crippen molar-refractivity contribution in [3.63, 3.8) is 0 Å². The third-order valence-corrected chi connectivity index (χ3v) is 4.73. The van der Waals surface area contributed by atoms with Gasteiger partial charge in [0.05, 0.1) is 19.4 Å². The number of nitrogens with zero attached hydrogens (tertiary/aromatic N) is 2. The molecule has 0 aromatic carbocycles. The van der Waals surface area contributed by atoms with E-state index in [1.807, 2.05) is 6.92 Å². The first kappa shape index (κ1) is 13.5. The average Bonchev–Trinajstić information content (AvgIpc) is 2.86. The van der Waals surface area contributed by atoms with Gasteiger partial charge in [0.15, 0.2) is 5.03 Å². The van der Waals surface area contributed by atoms with Crippen LogP contribution in [0.3, 0.4) is 0 Å². The normalized spacial score (nSPS) is 18.1. The molecule has 0 saturated carbocycles. The Kier molecular flexibility index (Phi) is 4.33. The maximum Gasteiger partial charge on any atom is 0.260 e. The van der Waals surface area contributed by atoms with Crippen molar-refractivity contribution in [2.45, 2.75) is 18.5 Å². The number of nitrogens with one attached hydrogen (secondary N) is 2. The zero-order valence-corrected chi connectivity index (χ0v) is 11.2. The van der Waals surface area contributed by atoms with E-state index in [4.69, 9.17) is 4.74 Å². The van der Waals surface area contributed by atoms with Gasteiger partial charge in [0.25, 0.3) is 10.0 Å². The fraction of sp³-hybridized carbons (Fsp3) is 0.700. The quantitative estimate of drug-likeness (QED) is 0.758. The molecule has 0 bridgehead atoms. The number of sulfonamides is 1. The summed E-state index contributed by atoms with van der Waals surface area (Å²) >= 11 is 0. The van der Waals surface area contributed by atoms with Crippen LogP contribution in [-0.2, 0) is 21.3 Å². The molecule has 0 radical (unpaired) electrons. The van der Waals surface area contributed by atoms with Crippen molar-refractivity contribution < 1.29 is 13.2 Å². The van der Waals surface area contributed by atoms with Crippen LogP contribution in [-0.4, -0.2) is 55.8 Å². The Hall–Kier alpha value is -0.960. The standard InChI is InChI=1S/C10H18N4O3S/c1-2-11-7-9-8-12-13-10(9)18(15,16)14-3-5-17-6-4-14/h8,11H,2-7H2,1H3,(H,12,13). The molecule has 0 atom stereocenters. The van der Waals surface area contributed by atoms with Gasteiger partial charge in [-0.15, -0.1) is 0 Å². The first-order valence-electron chi connectivity index (χ1n) is 5.97. The van der Waals surface area contributed by atoms with Crippen LogP contribution >= 0.6 is 0 Å². The maximum atomic E-state index is 12.4. The Balaban J connectivity index is 2.20. The highest BCUT2D eigenvalue weighted by Crippen LogP contribution is 2.18. The monoisotopic (exact) mass is 274 g/mol. The molecule has 1 saturated heterocycles. The van der Waals surface area contributed by atoms with E-state index in [2.05, 4.69) is 15.5 Å². The topological polar surface area (TPSA) is 87.3 Å². The largest absolute Gasteiger partial charge is 0.379 e. The lowest BCUT2D eigenvalue weighted by molar-refractivity contribution is 0.0729. The van der Waals surface area contributed by atoms with Crippen LogP contribution in [0.25, 0.3) is 0 Å². The highest BCUT2D eigenvalue weighted by atomic mass is 32.2. The number of hydrogen-bond acceptors (Lipinski definition) is 5. The molecule has 1 aliphatic heterocycles. The molecule has 1 aromatic rings. The van der Waals surface area contributed by atoms with Gasteiger partial charge in [0.1, 0.15) is 0 Å². The Morgan fingerprint density at radius 1 is 1.50 bits per heavy atom. The highest BCUT2D eigenvalue weighted by Gasteiger charge is 2.29. The molecule has 2 heterocycles. The van der Waals surface area contributed by atoms with Crippen LogP contribution in [0.5, 0.6) is 0 Å². The minimum atomic E-state index is -3.48. The number of rotatable bonds is 5. The second kappa shape index (κ2) is 5.79. The molecule has 2 rings (SSSR count). The summed E-state index contributed by atoms with van der Waals surface area (Å²) < 4.78 is 31.4. The van der Waals surface area contributed by atoms with Gasteiger partial charge in [0.2, 0.25) is 0 Å². The number of aromatic nitrogens is 2. The molecule has 1 aromatic heterocycles. The summed E-state index contributed by atoms with van der Waals surface area (Å²) in [6, 6.07) is 0. The van der Waals surface area contributed by atoms with E-state index < -0.39 is 10.0 Å². The van der Waals surface area contributed by atoms with Crippen LogP contribution in [0.1, 0.15) is 12.5 Å². The molecule has 8 heteroatoms. The summed E-state index contributed by atoms with van der Waals surface area (Å²) in [7, 11) is -3.48. The van der Waals surface area contributed by atoms with Crippen LogP contribution in [0.2, 0.25) is 0 Å². The fourth-order valence-corrected chi connectivity index (χ4v) is 3.34. The lowest BCUT2D eigenvalue weighted by atomic mass is 10.3. The van der Waals surface area contributed by atoms with Gasteiger partial charge in [-0.05, 0) is 6.54 Å². The zero-order chi connectivity index (χ0) is 13.0. The Bertz CT molecular complexity index is 479. The smallest absolute Gasteiger partial charge is 0.260 e. The first-order valence-corrected chi connectivity index (χ1v) is 7.41. The van der Waals surface area contributed by atoms with E-state index in [1.165, 1.54) is 4.31 Å². The molecule has 0 spiro atoms. The molecule has 18 heavy (non-hydrogen) atoms. The van der Waals surface area contributed by atoms with Gasteiger partial charge in [-0.1, -0.05) is 6.92 Å². The minimum absolute atomic E-state index is 0.186. The van der Waals surface area contributed by atoms with E-state index in [0.717, 1.165) is 6.54 Å². The van der Waals surface area contributed by atoms with Crippen molar-refractivity contribution in [1.82, 2.24) is 19.8 Å². The number of hydrogen-bond donors (Lipinski definition) is 2. The Morgan fingerprint density at radius 3 is 2.89 bits per heavy atom. The number of aromatic amines is 1. The van der Waals surface area contributed by atoms with Crippen LogP contribution in [0.15, 0.2) is 11.2 Å². The predicted octanol–water partition coefficient (Wildman–Crippen LogP) is -0.460. The molecule has 0 amide bonds. The third-order valence-electron chi connectivity index (χ3n) is 2.81. The van der Waals surface area contributed by atoms with Crippen molar-refractivity contribution in [3.8, 4) is 0 Å². The van der Waals surface area contributed by atoms with Crippen molar-refractivity contribution >= 4 is 10.0 Å². The van der Waals surface area contributed by atoms with Gasteiger partial charge in [-0.2, -0.15) is 9.40 Å². The number of H-pyrrole nitrogens is 1. The van der Waals surface area contributed by atoms with Crippen molar-refractivity contribution in [3.05, 3.63) is 11.8 Å². The van der Waals surface area contributed by atoms with E-state index >= 15 is 0 Å². The number of morpholine rings is 1. The lowest BCUT2D eigenvalue weighted by Crippen LogP contribution is -2.41. The fourth-order valence-electron chi connectivity index (χ4n) is 1.82. The molecule has 2 N–H and O–H groups in total. The van der Waals surface area contributed by atoms with Gasteiger partial charge >= 0.3 is 0 Å². The molecular formula is C10H18N4O3S. The summed E-state index contributed by atoms with van der Waals surface area (Å²) in [5.74, 6) is 0. The van der Waals surface area contributed by atoms with E-state index in [0.29, 0.717) is 38.4 Å². The van der Waals surface area contributed by atoms with E-state index in [9.17, 15) is 8.42 Å². The van der Waals surface area contributed by atoms with Gasteiger partial charge < -0.3 is 10.1 Å². The SMILES string of the molecule is CCNCc1cn[nH]c1S(=O)(=O)N1CCOCC1. The molecule has 7 nitrogen and oxygen atoms in total. The molecule has 0 aliphatic carbocycles. The lowest BCUT2D eigenvalue weighted by Gasteiger charge is -2.25. The van der Waals surface area contributed by atoms with Gasteiger partial charge in [-0.3, -0.25) is 5.10 Å². The summed E-state index contributed by atoms with van der Waals surface area (Å²) in [6.45, 7) is 4.90. The Labute approximate surface area is 107 Å². The summed E-state index contributed by atoms with van der Waals surface area (Å²) in [6.07, 6.45) is 1.55. The minimum Gasteiger partial charge on any atom is -0.379 e. The van der Waals surface area contributed by atoms with Gasteiger partial charge in [-0.25, -0.2) is 8.42 Å². The molecule has 1 fully saturated rings. The molecule has 102 valence electrons. The highest BCUT2D eigenvalue weighted by molar-refractivity contribution is 7.89. The van der Waals surface area contributed by atoms with E-state index in [-0.39, 0.29) is 5.03 Å². The first-order chi connectivity index (χ1) is 8.66. The molecule has 0 unspecified atom stereocenters. The van der Waals surface area contributed by atoms with Crippen LogP contribution in [0.4, 0.5) is 0 Å². The van der Waals surface area contributed by atoms with Crippen molar-refractivity contribution in [1.29, 1.82) is 0 Å². The second-order valence-corrected chi connectivity index (χ2v) is 5.90. The summed E-state index contributed by atoms with van der Waals surface area (Å²) in [4.78, 5) is 0. The maximum absolute atomic E-state index is 12.4. The van der Waals surface area contributed by atoms with Crippen molar-refractivity contribution in [2.24, 2.45) is 0 Å². The van der Waals surface area contributed by atoms with Gasteiger partial charge in [0, 0.05) is 25.2 Å². The van der Waals surface area contributed by atoms with Crippen LogP contribution < -0.4 is 5.32 Å². The Morgan fingerprint density at radius 2 is 2.22 bits per heavy atom. The summed E-state index contributed by atoms with van der Waals surface area (Å²) in [5.41, 5.74) is 0.670.